The fourth-order valence-corrected chi connectivity index (χ4v) is 3.24. The maximum atomic E-state index is 10.5. The van der Waals surface area contributed by atoms with E-state index in [0.717, 1.165) is 36.6 Å². The zero-order valence-electron chi connectivity index (χ0n) is 12.8. The second-order valence-electron chi connectivity index (χ2n) is 5.19. The van der Waals surface area contributed by atoms with Crippen LogP contribution in [0, 0.1) is 0 Å². The van der Waals surface area contributed by atoms with Gasteiger partial charge in [0.05, 0.1) is 20.3 Å². The Kier molecular flexibility index (Phi) is 4.89. The van der Waals surface area contributed by atoms with Crippen molar-refractivity contribution >= 4 is 0 Å². The molecule has 0 saturated carbocycles. The second-order valence-corrected chi connectivity index (χ2v) is 5.19. The predicted molar refractivity (Wildman–Crippen MR) is 79.7 cm³/mol. The Morgan fingerprint density at radius 3 is 2.00 bits per heavy atom. The highest BCUT2D eigenvalue weighted by molar-refractivity contribution is 5.51. The summed E-state index contributed by atoms with van der Waals surface area (Å²) >= 11 is 0. The van der Waals surface area contributed by atoms with Crippen molar-refractivity contribution in [2.45, 2.75) is 38.8 Å². The Bertz CT molecular complexity index is 457. The molecule has 0 amide bonds. The smallest absolute Gasteiger partial charge is 0.122 e. The molecule has 2 rings (SSSR count). The molecule has 0 saturated heterocycles. The van der Waals surface area contributed by atoms with Gasteiger partial charge >= 0.3 is 0 Å². The molecule has 0 aliphatic heterocycles. The van der Waals surface area contributed by atoms with E-state index >= 15 is 0 Å². The average molecular weight is 279 g/mol. The van der Waals surface area contributed by atoms with Crippen LogP contribution in [0.1, 0.15) is 25.0 Å². The van der Waals surface area contributed by atoms with Gasteiger partial charge in [-0.3, -0.25) is 4.90 Å². The molecule has 0 heterocycles. The minimum atomic E-state index is -0.358. The first-order chi connectivity index (χ1) is 9.65. The van der Waals surface area contributed by atoms with Crippen LogP contribution in [0.3, 0.4) is 0 Å². The number of hydrogen-bond acceptors (Lipinski definition) is 4. The SMILES string of the molecule is CCN(CC)[C@@H]1Cc2c(OC)ccc(OC)c2C[C@H]1O. The minimum absolute atomic E-state index is 0.151. The third kappa shape index (κ3) is 2.63. The number of likely N-dealkylation sites (N-methyl/N-ethyl adjacent to an activating group) is 1. The lowest BCUT2D eigenvalue weighted by molar-refractivity contribution is 0.0469. The maximum Gasteiger partial charge on any atom is 0.122 e. The van der Waals surface area contributed by atoms with E-state index in [-0.39, 0.29) is 12.1 Å². The number of benzene rings is 1. The fraction of sp³-hybridized carbons (Fsp3) is 0.625. The van der Waals surface area contributed by atoms with E-state index in [1.165, 1.54) is 5.56 Å². The van der Waals surface area contributed by atoms with Gasteiger partial charge in [0, 0.05) is 23.6 Å². The lowest BCUT2D eigenvalue weighted by Crippen LogP contribution is -2.48. The first-order valence-corrected chi connectivity index (χ1v) is 7.31. The predicted octanol–water partition coefficient (Wildman–Crippen LogP) is 1.87. The van der Waals surface area contributed by atoms with Crippen molar-refractivity contribution in [1.29, 1.82) is 0 Å². The summed E-state index contributed by atoms with van der Waals surface area (Å²) in [7, 11) is 3.37. The summed E-state index contributed by atoms with van der Waals surface area (Å²) in [5.41, 5.74) is 2.26. The molecule has 4 nitrogen and oxygen atoms in total. The van der Waals surface area contributed by atoms with Crippen LogP contribution in [0.5, 0.6) is 11.5 Å². The third-order valence-electron chi connectivity index (χ3n) is 4.34. The van der Waals surface area contributed by atoms with Crippen LogP contribution in [-0.2, 0) is 12.8 Å². The van der Waals surface area contributed by atoms with E-state index in [1.807, 2.05) is 12.1 Å². The number of methoxy groups -OCH3 is 2. The third-order valence-corrected chi connectivity index (χ3v) is 4.34. The summed E-state index contributed by atoms with van der Waals surface area (Å²) in [5.74, 6) is 1.74. The van der Waals surface area contributed by atoms with Crippen LogP contribution in [-0.4, -0.2) is 49.5 Å². The largest absolute Gasteiger partial charge is 0.496 e. The van der Waals surface area contributed by atoms with Gasteiger partial charge in [-0.15, -0.1) is 0 Å². The molecule has 1 aliphatic carbocycles. The summed E-state index contributed by atoms with van der Waals surface area (Å²) in [5, 5.41) is 10.5. The molecule has 2 atom stereocenters. The summed E-state index contributed by atoms with van der Waals surface area (Å²) < 4.78 is 10.9. The zero-order valence-corrected chi connectivity index (χ0v) is 12.8. The van der Waals surface area contributed by atoms with Gasteiger partial charge in [-0.2, -0.15) is 0 Å². The summed E-state index contributed by atoms with van der Waals surface area (Å²) in [6.07, 6.45) is 1.07. The summed E-state index contributed by atoms with van der Waals surface area (Å²) in [4.78, 5) is 2.31. The zero-order chi connectivity index (χ0) is 14.7. The number of fused-ring (bicyclic) bond motifs is 1. The van der Waals surface area contributed by atoms with E-state index in [4.69, 9.17) is 9.47 Å². The lowest BCUT2D eigenvalue weighted by Gasteiger charge is -2.38. The van der Waals surface area contributed by atoms with Crippen molar-refractivity contribution in [2.24, 2.45) is 0 Å². The lowest BCUT2D eigenvalue weighted by atomic mass is 9.84. The molecule has 1 N–H and O–H groups in total. The second kappa shape index (κ2) is 6.46. The van der Waals surface area contributed by atoms with Crippen LogP contribution in [0.25, 0.3) is 0 Å². The van der Waals surface area contributed by atoms with Crippen molar-refractivity contribution in [3.05, 3.63) is 23.3 Å². The standard InChI is InChI=1S/C16H25NO3/c1-5-17(6-2)13-9-11-12(10-14(13)18)16(20-4)8-7-15(11)19-3/h7-8,13-14,18H,5-6,9-10H2,1-4H3/t13-,14-/m1/s1. The molecular weight excluding hydrogens is 254 g/mol. The van der Waals surface area contributed by atoms with Gasteiger partial charge < -0.3 is 14.6 Å². The first kappa shape index (κ1) is 15.1. The van der Waals surface area contributed by atoms with Gasteiger partial charge in [0.15, 0.2) is 0 Å². The molecule has 1 aliphatic rings. The minimum Gasteiger partial charge on any atom is -0.496 e. The van der Waals surface area contributed by atoms with E-state index in [2.05, 4.69) is 18.7 Å². The fourth-order valence-electron chi connectivity index (χ4n) is 3.24. The topological polar surface area (TPSA) is 41.9 Å². The van der Waals surface area contributed by atoms with Crippen molar-refractivity contribution in [1.82, 2.24) is 4.90 Å². The normalized spacial score (nSPS) is 21.7. The monoisotopic (exact) mass is 279 g/mol. The van der Waals surface area contributed by atoms with Crippen LogP contribution >= 0.6 is 0 Å². The molecule has 0 radical (unpaired) electrons. The Balaban J connectivity index is 2.40. The van der Waals surface area contributed by atoms with Gasteiger partial charge in [-0.1, -0.05) is 13.8 Å². The van der Waals surface area contributed by atoms with Crippen LogP contribution in [0.15, 0.2) is 12.1 Å². The average Bonchev–Trinajstić information content (AvgIpc) is 2.47. The molecule has 0 unspecified atom stereocenters. The molecule has 1 aromatic carbocycles. The molecular formula is C16H25NO3. The number of rotatable bonds is 5. The van der Waals surface area contributed by atoms with Crippen molar-refractivity contribution in [2.75, 3.05) is 27.3 Å². The van der Waals surface area contributed by atoms with Gasteiger partial charge in [-0.05, 0) is 31.6 Å². The molecule has 0 bridgehead atoms. The molecule has 112 valence electrons. The molecule has 0 fully saturated rings. The van der Waals surface area contributed by atoms with E-state index < -0.39 is 0 Å². The maximum absolute atomic E-state index is 10.5. The van der Waals surface area contributed by atoms with Gasteiger partial charge in [0.1, 0.15) is 11.5 Å². The Hall–Kier alpha value is -1.26. The Labute approximate surface area is 121 Å². The summed E-state index contributed by atoms with van der Waals surface area (Å²) in [6, 6.07) is 4.02. The number of aliphatic hydroxyl groups excluding tert-OH is 1. The highest BCUT2D eigenvalue weighted by Crippen LogP contribution is 2.37. The summed E-state index contributed by atoms with van der Waals surface area (Å²) in [6.45, 7) is 6.16. The van der Waals surface area contributed by atoms with E-state index in [1.54, 1.807) is 14.2 Å². The van der Waals surface area contributed by atoms with Gasteiger partial charge in [-0.25, -0.2) is 0 Å². The number of aliphatic hydroxyl groups is 1. The highest BCUT2D eigenvalue weighted by atomic mass is 16.5. The van der Waals surface area contributed by atoms with Crippen LogP contribution in [0.4, 0.5) is 0 Å². The van der Waals surface area contributed by atoms with Crippen LogP contribution < -0.4 is 9.47 Å². The van der Waals surface area contributed by atoms with Crippen LogP contribution in [0.2, 0.25) is 0 Å². The number of hydrogen-bond donors (Lipinski definition) is 1. The Morgan fingerprint density at radius 2 is 1.55 bits per heavy atom. The Morgan fingerprint density at radius 1 is 1.05 bits per heavy atom. The van der Waals surface area contributed by atoms with E-state index in [0.29, 0.717) is 6.42 Å². The van der Waals surface area contributed by atoms with Gasteiger partial charge in [0.2, 0.25) is 0 Å². The molecule has 1 aromatic rings. The molecule has 0 spiro atoms. The molecule has 20 heavy (non-hydrogen) atoms. The van der Waals surface area contributed by atoms with E-state index in [9.17, 15) is 5.11 Å². The van der Waals surface area contributed by atoms with Crippen molar-refractivity contribution in [3.63, 3.8) is 0 Å². The quantitative estimate of drug-likeness (QED) is 0.893. The number of ether oxygens (including phenoxy) is 2. The first-order valence-electron chi connectivity index (χ1n) is 7.31. The highest BCUT2D eigenvalue weighted by Gasteiger charge is 2.33. The van der Waals surface area contributed by atoms with Crippen molar-refractivity contribution < 1.29 is 14.6 Å². The van der Waals surface area contributed by atoms with Gasteiger partial charge in [0.25, 0.3) is 0 Å². The number of nitrogens with zero attached hydrogens (tertiary/aromatic N) is 1. The molecule has 0 aromatic heterocycles. The molecule has 4 heteroatoms. The van der Waals surface area contributed by atoms with Crippen molar-refractivity contribution in [3.8, 4) is 11.5 Å².